The van der Waals surface area contributed by atoms with E-state index in [1.807, 2.05) is 6.07 Å². The number of aliphatic hydroxyl groups excluding tert-OH is 1. The molecule has 2 unspecified atom stereocenters. The van der Waals surface area contributed by atoms with Gasteiger partial charge >= 0.3 is 0 Å². The SMILES string of the molecule is Cc1c(NC(C(=O)N(N)C(=O)c2ccc(S(C)(=O)=O)cc2)C(C)O)ccc(C#N)c1Cl. The first-order valence-electron chi connectivity index (χ1n) is 8.95. The number of aliphatic hydroxyl groups is 1. The van der Waals surface area contributed by atoms with Gasteiger partial charge in [-0.15, -0.1) is 0 Å². The van der Waals surface area contributed by atoms with Crippen molar-refractivity contribution in [3.05, 3.63) is 58.1 Å². The zero-order valence-electron chi connectivity index (χ0n) is 17.0. The summed E-state index contributed by atoms with van der Waals surface area (Å²) in [5, 5.41) is 22.5. The van der Waals surface area contributed by atoms with Gasteiger partial charge in [-0.05, 0) is 55.8 Å². The highest BCUT2D eigenvalue weighted by molar-refractivity contribution is 7.90. The van der Waals surface area contributed by atoms with Crippen LogP contribution in [0.4, 0.5) is 5.69 Å². The second kappa shape index (κ2) is 9.45. The highest BCUT2D eigenvalue weighted by Crippen LogP contribution is 2.28. The Morgan fingerprint density at radius 2 is 1.81 bits per heavy atom. The smallest absolute Gasteiger partial charge is 0.274 e. The molecule has 0 aliphatic carbocycles. The molecule has 164 valence electrons. The number of sulfone groups is 1. The lowest BCUT2D eigenvalue weighted by Crippen LogP contribution is -2.53. The van der Waals surface area contributed by atoms with Gasteiger partial charge in [-0.3, -0.25) is 9.59 Å². The zero-order chi connectivity index (χ0) is 23.5. The maximum atomic E-state index is 12.8. The number of anilines is 1. The van der Waals surface area contributed by atoms with Crippen LogP contribution >= 0.6 is 11.6 Å². The minimum absolute atomic E-state index is 0.00908. The molecule has 0 spiro atoms. The average molecular weight is 465 g/mol. The first kappa shape index (κ1) is 24.3. The largest absolute Gasteiger partial charge is 0.391 e. The molecule has 0 heterocycles. The number of halogens is 1. The van der Waals surface area contributed by atoms with E-state index in [1.165, 1.54) is 43.3 Å². The van der Waals surface area contributed by atoms with Crippen molar-refractivity contribution in [2.45, 2.75) is 30.9 Å². The molecule has 11 heteroatoms. The van der Waals surface area contributed by atoms with Gasteiger partial charge in [0.1, 0.15) is 12.1 Å². The van der Waals surface area contributed by atoms with Crippen molar-refractivity contribution in [1.29, 1.82) is 5.26 Å². The molecule has 2 atom stereocenters. The van der Waals surface area contributed by atoms with Crippen molar-refractivity contribution in [3.63, 3.8) is 0 Å². The predicted octanol–water partition coefficient (Wildman–Crippen LogP) is 1.63. The van der Waals surface area contributed by atoms with E-state index in [1.54, 1.807) is 6.92 Å². The van der Waals surface area contributed by atoms with Crippen LogP contribution in [0, 0.1) is 18.3 Å². The molecule has 4 N–H and O–H groups in total. The Labute approximate surface area is 184 Å². The summed E-state index contributed by atoms with van der Waals surface area (Å²) < 4.78 is 23.1. The molecule has 0 radical (unpaired) electrons. The Morgan fingerprint density at radius 3 is 2.29 bits per heavy atom. The van der Waals surface area contributed by atoms with Crippen molar-refractivity contribution in [3.8, 4) is 6.07 Å². The Morgan fingerprint density at radius 1 is 1.23 bits per heavy atom. The van der Waals surface area contributed by atoms with Crippen molar-refractivity contribution in [1.82, 2.24) is 5.01 Å². The second-order valence-corrected chi connectivity index (χ2v) is 9.28. The van der Waals surface area contributed by atoms with Crippen LogP contribution in [0.15, 0.2) is 41.3 Å². The minimum atomic E-state index is -3.45. The van der Waals surface area contributed by atoms with Crippen molar-refractivity contribution >= 4 is 38.9 Å². The van der Waals surface area contributed by atoms with Gasteiger partial charge in [0, 0.05) is 17.5 Å². The van der Waals surface area contributed by atoms with Crippen LogP contribution in [-0.2, 0) is 14.6 Å². The normalized spacial score (nSPS) is 13.1. The molecule has 2 aromatic rings. The first-order chi connectivity index (χ1) is 14.4. The number of amides is 2. The fraction of sp³-hybridized carbons (Fsp3) is 0.250. The third kappa shape index (κ3) is 5.39. The molecule has 0 saturated carbocycles. The number of benzene rings is 2. The summed E-state index contributed by atoms with van der Waals surface area (Å²) in [5.41, 5.74) is 1.09. The number of nitriles is 1. The van der Waals surface area contributed by atoms with Crippen LogP contribution < -0.4 is 11.2 Å². The summed E-state index contributed by atoms with van der Waals surface area (Å²) >= 11 is 6.14. The summed E-state index contributed by atoms with van der Waals surface area (Å²) in [6, 6.07) is 8.55. The Hall–Kier alpha value is -2.97. The van der Waals surface area contributed by atoms with Crippen molar-refractivity contribution < 1.29 is 23.1 Å². The topological polar surface area (TPSA) is 154 Å². The molecule has 0 aliphatic heterocycles. The van der Waals surface area contributed by atoms with E-state index in [9.17, 15) is 23.1 Å². The van der Waals surface area contributed by atoms with E-state index in [4.69, 9.17) is 22.7 Å². The molecule has 9 nitrogen and oxygen atoms in total. The molecule has 0 fully saturated rings. The van der Waals surface area contributed by atoms with E-state index in [2.05, 4.69) is 5.32 Å². The van der Waals surface area contributed by atoms with Crippen LogP contribution in [0.25, 0.3) is 0 Å². The predicted molar refractivity (Wildman–Crippen MR) is 115 cm³/mol. The summed E-state index contributed by atoms with van der Waals surface area (Å²) in [6.45, 7) is 2.97. The number of rotatable bonds is 6. The number of carbonyl (C=O) groups excluding carboxylic acids is 2. The number of carbonyl (C=O) groups is 2. The van der Waals surface area contributed by atoms with Crippen LogP contribution in [-0.4, -0.2) is 48.7 Å². The van der Waals surface area contributed by atoms with Crippen LogP contribution in [0.3, 0.4) is 0 Å². The van der Waals surface area contributed by atoms with Gasteiger partial charge in [0.05, 0.1) is 21.6 Å². The maximum absolute atomic E-state index is 12.8. The summed E-state index contributed by atoms with van der Waals surface area (Å²) in [4.78, 5) is 25.4. The number of imide groups is 1. The number of nitrogens with one attached hydrogen (secondary N) is 1. The monoisotopic (exact) mass is 464 g/mol. The quantitative estimate of drug-likeness (QED) is 0.331. The van der Waals surface area contributed by atoms with Crippen molar-refractivity contribution in [2.24, 2.45) is 5.84 Å². The summed E-state index contributed by atoms with van der Waals surface area (Å²) in [6.07, 6.45) is -0.216. The van der Waals surface area contributed by atoms with Crippen LogP contribution in [0.5, 0.6) is 0 Å². The average Bonchev–Trinajstić information content (AvgIpc) is 2.72. The van der Waals surface area contributed by atoms with Crippen LogP contribution in [0.1, 0.15) is 28.4 Å². The lowest BCUT2D eigenvalue weighted by molar-refractivity contribution is -0.131. The Kier molecular flexibility index (Phi) is 7.41. The third-order valence-electron chi connectivity index (χ3n) is 4.55. The van der Waals surface area contributed by atoms with Crippen molar-refractivity contribution in [2.75, 3.05) is 11.6 Å². The van der Waals surface area contributed by atoms with Gasteiger partial charge in [0.15, 0.2) is 9.84 Å². The highest BCUT2D eigenvalue weighted by Gasteiger charge is 2.31. The standard InChI is InChI=1S/C20H21ClN4O5S/c1-11-16(9-6-14(10-22)17(11)21)24-18(12(2)26)20(28)25(23)19(27)13-4-7-15(8-5-13)31(3,29)30/h4-9,12,18,24,26H,23H2,1-3H3. The highest BCUT2D eigenvalue weighted by atomic mass is 35.5. The molecular formula is C20H21ClN4O5S. The van der Waals surface area contributed by atoms with Gasteiger partial charge in [0.2, 0.25) is 0 Å². The lowest BCUT2D eigenvalue weighted by atomic mass is 10.1. The van der Waals surface area contributed by atoms with E-state index >= 15 is 0 Å². The van der Waals surface area contributed by atoms with E-state index in [0.717, 1.165) is 6.26 Å². The third-order valence-corrected chi connectivity index (χ3v) is 6.17. The van der Waals surface area contributed by atoms with Crippen LogP contribution in [0.2, 0.25) is 5.02 Å². The minimum Gasteiger partial charge on any atom is -0.391 e. The molecule has 0 aliphatic rings. The molecule has 2 rings (SSSR count). The molecular weight excluding hydrogens is 444 g/mol. The van der Waals surface area contributed by atoms with Gasteiger partial charge in [-0.25, -0.2) is 19.3 Å². The maximum Gasteiger partial charge on any atom is 0.274 e. The van der Waals surface area contributed by atoms with Gasteiger partial charge in [0.25, 0.3) is 11.8 Å². The number of nitrogens with zero attached hydrogens (tertiary/aromatic N) is 2. The molecule has 0 aromatic heterocycles. The molecule has 0 bridgehead atoms. The second-order valence-electron chi connectivity index (χ2n) is 6.88. The summed E-state index contributed by atoms with van der Waals surface area (Å²) in [7, 11) is -3.45. The number of nitrogens with two attached hydrogens (primary N) is 1. The van der Waals surface area contributed by atoms with Gasteiger partial charge in [-0.1, -0.05) is 11.6 Å². The van der Waals surface area contributed by atoms with E-state index in [-0.39, 0.29) is 21.0 Å². The Balaban J connectivity index is 2.28. The molecule has 31 heavy (non-hydrogen) atoms. The fourth-order valence-electron chi connectivity index (χ4n) is 2.72. The first-order valence-corrected chi connectivity index (χ1v) is 11.2. The lowest BCUT2D eigenvalue weighted by Gasteiger charge is -2.26. The molecule has 2 amide bonds. The number of hydrogen-bond acceptors (Lipinski definition) is 8. The summed E-state index contributed by atoms with van der Waals surface area (Å²) in [5.74, 6) is 3.91. The van der Waals surface area contributed by atoms with E-state index < -0.39 is 33.8 Å². The van der Waals surface area contributed by atoms with E-state index in [0.29, 0.717) is 16.3 Å². The van der Waals surface area contributed by atoms with Gasteiger partial charge < -0.3 is 10.4 Å². The zero-order valence-corrected chi connectivity index (χ0v) is 18.5. The number of hydrogen-bond donors (Lipinski definition) is 3. The number of hydrazine groups is 1. The fourth-order valence-corrected chi connectivity index (χ4v) is 3.56. The Bertz CT molecular complexity index is 1160. The van der Waals surface area contributed by atoms with Gasteiger partial charge in [-0.2, -0.15) is 5.26 Å². The molecule has 2 aromatic carbocycles. The molecule has 0 saturated heterocycles.